The molecule has 0 atom stereocenters. The van der Waals surface area contributed by atoms with Crippen molar-refractivity contribution in [3.05, 3.63) is 58.7 Å². The summed E-state index contributed by atoms with van der Waals surface area (Å²) in [5.74, 6) is 0.315. The summed E-state index contributed by atoms with van der Waals surface area (Å²) in [5, 5.41) is 14.0. The van der Waals surface area contributed by atoms with E-state index >= 15 is 0 Å². The molecule has 0 spiro atoms. The molecule has 1 aromatic heterocycles. The van der Waals surface area contributed by atoms with Gasteiger partial charge >= 0.3 is 0 Å². The summed E-state index contributed by atoms with van der Waals surface area (Å²) < 4.78 is 1.40. The molecule has 6 nitrogen and oxygen atoms in total. The van der Waals surface area contributed by atoms with Gasteiger partial charge < -0.3 is 10.6 Å². The van der Waals surface area contributed by atoms with E-state index in [0.717, 1.165) is 22.5 Å². The molecule has 9 heteroatoms. The maximum Gasteiger partial charge on any atom is 0.234 e. The number of hydrogen-bond donors (Lipinski definition) is 2. The molecule has 3 rings (SSSR count). The molecular weight excluding hydrogens is 448 g/mol. The standard InChI is InChI=1S/C22H24N4O2S3/c1-13-5-7-17(9-15(13)3)23-19(27)11-29-21-25-26-22(31-21)30-12-20(28)24-18-8-6-14(2)16(4)10-18/h5-10H,11-12H2,1-4H3,(H,23,27)(H,24,28). The Bertz CT molecular complexity index is 1010. The van der Waals surface area contributed by atoms with Crippen LogP contribution in [0.1, 0.15) is 22.3 Å². The molecule has 0 saturated carbocycles. The van der Waals surface area contributed by atoms with Crippen molar-refractivity contribution >= 4 is 58.0 Å². The third kappa shape index (κ3) is 7.09. The Morgan fingerprint density at radius 3 is 1.55 bits per heavy atom. The smallest absolute Gasteiger partial charge is 0.234 e. The lowest BCUT2D eigenvalue weighted by Crippen LogP contribution is -2.14. The van der Waals surface area contributed by atoms with Crippen LogP contribution in [0.3, 0.4) is 0 Å². The SMILES string of the molecule is Cc1ccc(NC(=O)CSc2nnc(SCC(=O)Nc3ccc(C)c(C)c3)s2)cc1C. The van der Waals surface area contributed by atoms with Gasteiger partial charge in [-0.05, 0) is 74.2 Å². The van der Waals surface area contributed by atoms with Crippen LogP contribution in [0.4, 0.5) is 11.4 Å². The predicted octanol–water partition coefficient (Wildman–Crippen LogP) is 5.23. The van der Waals surface area contributed by atoms with Crippen LogP contribution in [0.15, 0.2) is 45.1 Å². The third-order valence-corrected chi connectivity index (χ3v) is 7.81. The first-order valence-corrected chi connectivity index (χ1v) is 12.4. The highest BCUT2D eigenvalue weighted by molar-refractivity contribution is 8.03. The number of carbonyl (C=O) groups is 2. The number of aromatic nitrogens is 2. The largest absolute Gasteiger partial charge is 0.325 e. The van der Waals surface area contributed by atoms with E-state index in [2.05, 4.69) is 20.8 Å². The number of nitrogens with zero attached hydrogens (tertiary/aromatic N) is 2. The first-order chi connectivity index (χ1) is 14.8. The molecule has 0 bridgehead atoms. The van der Waals surface area contributed by atoms with Gasteiger partial charge in [0.2, 0.25) is 11.8 Å². The second kappa shape index (κ2) is 10.8. The Hall–Kier alpha value is -2.36. The molecular formula is C22H24N4O2S3. The highest BCUT2D eigenvalue weighted by Crippen LogP contribution is 2.29. The minimum atomic E-state index is -0.0922. The van der Waals surface area contributed by atoms with Crippen LogP contribution in [0.25, 0.3) is 0 Å². The second-order valence-electron chi connectivity index (χ2n) is 7.11. The molecule has 0 aliphatic heterocycles. The van der Waals surface area contributed by atoms with Gasteiger partial charge in [-0.2, -0.15) is 0 Å². The summed E-state index contributed by atoms with van der Waals surface area (Å²) in [5.41, 5.74) is 6.23. The Labute approximate surface area is 194 Å². The van der Waals surface area contributed by atoms with Crippen LogP contribution in [-0.2, 0) is 9.59 Å². The van der Waals surface area contributed by atoms with Crippen LogP contribution in [0, 0.1) is 27.7 Å². The number of amides is 2. The van der Waals surface area contributed by atoms with E-state index in [-0.39, 0.29) is 23.3 Å². The van der Waals surface area contributed by atoms with Crippen molar-refractivity contribution in [1.82, 2.24) is 10.2 Å². The fourth-order valence-corrected chi connectivity index (χ4v) is 5.22. The summed E-state index contributed by atoms with van der Waals surface area (Å²) >= 11 is 4.05. The lowest BCUT2D eigenvalue weighted by molar-refractivity contribution is -0.114. The summed E-state index contributed by atoms with van der Waals surface area (Å²) in [6.07, 6.45) is 0. The molecule has 0 radical (unpaired) electrons. The van der Waals surface area contributed by atoms with Crippen LogP contribution in [0.5, 0.6) is 0 Å². The number of benzene rings is 2. The van der Waals surface area contributed by atoms with E-state index in [0.29, 0.717) is 8.68 Å². The van der Waals surface area contributed by atoms with Crippen LogP contribution >= 0.6 is 34.9 Å². The minimum absolute atomic E-state index is 0.0922. The van der Waals surface area contributed by atoms with E-state index in [1.54, 1.807) is 0 Å². The van der Waals surface area contributed by atoms with Crippen molar-refractivity contribution in [3.63, 3.8) is 0 Å². The predicted molar refractivity (Wildman–Crippen MR) is 130 cm³/mol. The lowest BCUT2D eigenvalue weighted by Gasteiger charge is -2.07. The lowest BCUT2D eigenvalue weighted by atomic mass is 10.1. The summed E-state index contributed by atoms with van der Waals surface area (Å²) in [6, 6.07) is 11.7. The van der Waals surface area contributed by atoms with Crippen LogP contribution in [0.2, 0.25) is 0 Å². The summed E-state index contributed by atoms with van der Waals surface area (Å²) in [6.45, 7) is 8.11. The minimum Gasteiger partial charge on any atom is -0.325 e. The van der Waals surface area contributed by atoms with Crippen molar-refractivity contribution in [1.29, 1.82) is 0 Å². The summed E-state index contributed by atoms with van der Waals surface area (Å²) in [4.78, 5) is 24.4. The molecule has 1 heterocycles. The maximum atomic E-state index is 12.2. The van der Waals surface area contributed by atoms with Crippen LogP contribution in [-0.4, -0.2) is 33.5 Å². The number of thioether (sulfide) groups is 2. The molecule has 162 valence electrons. The van der Waals surface area contributed by atoms with Gasteiger partial charge in [-0.1, -0.05) is 47.0 Å². The van der Waals surface area contributed by atoms with Gasteiger partial charge in [0.15, 0.2) is 8.68 Å². The molecule has 0 aliphatic rings. The van der Waals surface area contributed by atoms with Gasteiger partial charge in [0.1, 0.15) is 0 Å². The number of anilines is 2. The van der Waals surface area contributed by atoms with Gasteiger partial charge in [0.25, 0.3) is 0 Å². The number of rotatable bonds is 8. The molecule has 0 fully saturated rings. The molecule has 0 unspecified atom stereocenters. The van der Waals surface area contributed by atoms with E-state index in [4.69, 9.17) is 0 Å². The molecule has 2 aromatic carbocycles. The first-order valence-electron chi connectivity index (χ1n) is 9.63. The number of aryl methyl sites for hydroxylation is 4. The van der Waals surface area contributed by atoms with E-state index < -0.39 is 0 Å². The highest BCUT2D eigenvalue weighted by atomic mass is 32.2. The van der Waals surface area contributed by atoms with Gasteiger partial charge in [-0.25, -0.2) is 0 Å². The van der Waals surface area contributed by atoms with E-state index in [9.17, 15) is 9.59 Å². The fourth-order valence-electron chi connectivity index (χ4n) is 2.60. The zero-order chi connectivity index (χ0) is 22.4. The van der Waals surface area contributed by atoms with Crippen molar-refractivity contribution in [2.75, 3.05) is 22.1 Å². The maximum absolute atomic E-state index is 12.2. The average Bonchev–Trinajstić information content (AvgIpc) is 3.18. The first kappa shape index (κ1) is 23.3. The van der Waals surface area contributed by atoms with Gasteiger partial charge in [-0.3, -0.25) is 9.59 Å². The highest BCUT2D eigenvalue weighted by Gasteiger charge is 2.11. The average molecular weight is 473 g/mol. The molecule has 2 N–H and O–H groups in total. The Morgan fingerprint density at radius 1 is 0.742 bits per heavy atom. The molecule has 0 aliphatic carbocycles. The van der Waals surface area contributed by atoms with Crippen molar-refractivity contribution in [3.8, 4) is 0 Å². The Balaban J connectivity index is 1.43. The molecule has 3 aromatic rings. The van der Waals surface area contributed by atoms with Gasteiger partial charge in [-0.15, -0.1) is 10.2 Å². The second-order valence-corrected chi connectivity index (χ2v) is 10.5. The summed E-state index contributed by atoms with van der Waals surface area (Å²) in [7, 11) is 0. The van der Waals surface area contributed by atoms with Crippen molar-refractivity contribution < 1.29 is 9.59 Å². The zero-order valence-corrected chi connectivity index (χ0v) is 20.3. The Kier molecular flexibility index (Phi) is 8.11. The number of nitrogens with one attached hydrogen (secondary N) is 2. The van der Waals surface area contributed by atoms with Gasteiger partial charge in [0, 0.05) is 11.4 Å². The van der Waals surface area contributed by atoms with E-state index in [1.165, 1.54) is 46.0 Å². The normalized spacial score (nSPS) is 10.7. The fraction of sp³-hybridized carbons (Fsp3) is 0.273. The van der Waals surface area contributed by atoms with Gasteiger partial charge in [0.05, 0.1) is 11.5 Å². The van der Waals surface area contributed by atoms with Crippen molar-refractivity contribution in [2.24, 2.45) is 0 Å². The van der Waals surface area contributed by atoms with E-state index in [1.807, 2.05) is 64.1 Å². The Morgan fingerprint density at radius 2 is 1.16 bits per heavy atom. The monoisotopic (exact) mass is 472 g/mol. The quantitative estimate of drug-likeness (QED) is 0.437. The van der Waals surface area contributed by atoms with Crippen molar-refractivity contribution in [2.45, 2.75) is 36.4 Å². The molecule has 31 heavy (non-hydrogen) atoms. The number of carbonyl (C=O) groups excluding carboxylic acids is 2. The number of hydrogen-bond acceptors (Lipinski definition) is 7. The van der Waals surface area contributed by atoms with Crippen LogP contribution < -0.4 is 10.6 Å². The third-order valence-electron chi connectivity index (χ3n) is 4.62. The molecule has 0 saturated heterocycles. The molecule has 2 amide bonds. The zero-order valence-electron chi connectivity index (χ0n) is 17.8. The topological polar surface area (TPSA) is 84.0 Å².